The van der Waals surface area contributed by atoms with Crippen LogP contribution in [0.3, 0.4) is 0 Å². The summed E-state index contributed by atoms with van der Waals surface area (Å²) in [5.41, 5.74) is 3.96. The van der Waals surface area contributed by atoms with E-state index in [0.29, 0.717) is 24.3 Å². The fourth-order valence-corrected chi connectivity index (χ4v) is 6.57. The molecule has 2 aliphatic rings. The highest BCUT2D eigenvalue weighted by atomic mass is 32.2. The zero-order valence-electron chi connectivity index (χ0n) is 19.2. The second kappa shape index (κ2) is 9.72. The van der Waals surface area contributed by atoms with Crippen LogP contribution in [0.5, 0.6) is 0 Å². The van der Waals surface area contributed by atoms with Crippen LogP contribution in [0.25, 0.3) is 0 Å². The van der Waals surface area contributed by atoms with Crippen LogP contribution in [0.2, 0.25) is 0 Å². The molecule has 6 heteroatoms. The van der Waals surface area contributed by atoms with Gasteiger partial charge in [0, 0.05) is 30.6 Å². The van der Waals surface area contributed by atoms with Gasteiger partial charge in [0.15, 0.2) is 0 Å². The number of fused-ring (bicyclic) bond motifs is 1. The van der Waals surface area contributed by atoms with Gasteiger partial charge in [-0.15, -0.1) is 0 Å². The lowest BCUT2D eigenvalue weighted by Crippen LogP contribution is -2.32. The highest BCUT2D eigenvalue weighted by Gasteiger charge is 2.30. The van der Waals surface area contributed by atoms with Crippen molar-refractivity contribution in [3.63, 3.8) is 0 Å². The number of nitrogens with one attached hydrogen (secondary N) is 1. The third-order valence-corrected chi connectivity index (χ3v) is 8.54. The predicted molar refractivity (Wildman–Crippen MR) is 134 cm³/mol. The third kappa shape index (κ3) is 4.79. The summed E-state index contributed by atoms with van der Waals surface area (Å²) < 4.78 is 28.6. The lowest BCUT2D eigenvalue weighted by atomic mass is 9.88. The minimum Gasteiger partial charge on any atom is -0.312 e. The van der Waals surface area contributed by atoms with Crippen LogP contribution < -0.4 is 9.62 Å². The maximum atomic E-state index is 13.5. The topological polar surface area (TPSA) is 66.5 Å². The third-order valence-electron chi connectivity index (χ3n) is 7.02. The van der Waals surface area contributed by atoms with Crippen molar-refractivity contribution in [3.8, 4) is 0 Å². The average molecular weight is 475 g/mol. The summed E-state index contributed by atoms with van der Waals surface area (Å²) in [6.45, 7) is 0.573. The summed E-state index contributed by atoms with van der Waals surface area (Å²) in [4.78, 5) is 15.6. The number of benzene rings is 3. The summed E-state index contributed by atoms with van der Waals surface area (Å²) in [6.07, 6.45) is 4.96. The standard InChI is InChI=1S/C28H30N2O3S/c31-28(20-26(21-9-3-1-4-10-21)22-11-5-2-6-12-22)30-18-17-23-19-25(15-16-27(23)30)34(32,33)29-24-13-7-8-14-24/h1-6,9-12,15-16,19,24,26,29H,7-8,13-14,17-18,20H2. The van der Waals surface area contributed by atoms with E-state index in [-0.39, 0.29) is 17.9 Å². The number of nitrogens with zero attached hydrogens (tertiary/aromatic N) is 1. The lowest BCUT2D eigenvalue weighted by molar-refractivity contribution is -0.118. The lowest BCUT2D eigenvalue weighted by Gasteiger charge is -2.23. The number of amides is 1. The van der Waals surface area contributed by atoms with E-state index in [9.17, 15) is 13.2 Å². The van der Waals surface area contributed by atoms with Crippen molar-refractivity contribution in [2.75, 3.05) is 11.4 Å². The average Bonchev–Trinajstić information content (AvgIpc) is 3.52. The van der Waals surface area contributed by atoms with E-state index >= 15 is 0 Å². The monoisotopic (exact) mass is 474 g/mol. The molecule has 0 unspecified atom stereocenters. The van der Waals surface area contributed by atoms with E-state index in [4.69, 9.17) is 0 Å². The van der Waals surface area contributed by atoms with Crippen molar-refractivity contribution in [2.45, 2.75) is 55.4 Å². The molecule has 1 saturated carbocycles. The van der Waals surface area contributed by atoms with Gasteiger partial charge in [-0.1, -0.05) is 73.5 Å². The first kappa shape index (κ1) is 22.8. The molecular weight excluding hydrogens is 444 g/mol. The van der Waals surface area contributed by atoms with Gasteiger partial charge in [0.1, 0.15) is 0 Å². The molecule has 0 bridgehead atoms. The maximum Gasteiger partial charge on any atom is 0.240 e. The first-order chi connectivity index (χ1) is 16.5. The Morgan fingerprint density at radius 3 is 2.15 bits per heavy atom. The van der Waals surface area contributed by atoms with Gasteiger partial charge in [0.25, 0.3) is 0 Å². The van der Waals surface area contributed by atoms with E-state index in [2.05, 4.69) is 29.0 Å². The van der Waals surface area contributed by atoms with Gasteiger partial charge in [-0.2, -0.15) is 0 Å². The van der Waals surface area contributed by atoms with Crippen LogP contribution in [-0.4, -0.2) is 26.9 Å². The van der Waals surface area contributed by atoms with Crippen LogP contribution in [0.1, 0.15) is 54.7 Å². The Morgan fingerprint density at radius 1 is 0.912 bits per heavy atom. The van der Waals surface area contributed by atoms with Crippen LogP contribution in [-0.2, 0) is 21.2 Å². The molecule has 5 nitrogen and oxygen atoms in total. The molecule has 5 rings (SSSR count). The molecule has 0 spiro atoms. The Hall–Kier alpha value is -2.96. The Kier molecular flexibility index (Phi) is 6.53. The van der Waals surface area contributed by atoms with Crippen molar-refractivity contribution in [1.29, 1.82) is 0 Å². The van der Waals surface area contributed by atoms with Crippen LogP contribution >= 0.6 is 0 Å². The first-order valence-corrected chi connectivity index (χ1v) is 13.5. The van der Waals surface area contributed by atoms with Gasteiger partial charge in [-0.05, 0) is 54.2 Å². The second-order valence-electron chi connectivity index (χ2n) is 9.27. The molecule has 1 aliphatic heterocycles. The zero-order chi connectivity index (χ0) is 23.5. The van der Waals surface area contributed by atoms with E-state index in [1.54, 1.807) is 18.2 Å². The van der Waals surface area contributed by atoms with Gasteiger partial charge < -0.3 is 4.90 Å². The molecule has 1 fully saturated rings. The summed E-state index contributed by atoms with van der Waals surface area (Å²) in [6, 6.07) is 25.4. The molecule has 1 amide bonds. The van der Waals surface area contributed by atoms with Gasteiger partial charge in [-0.25, -0.2) is 13.1 Å². The van der Waals surface area contributed by atoms with E-state index in [1.165, 1.54) is 0 Å². The van der Waals surface area contributed by atoms with E-state index < -0.39 is 10.0 Å². The molecule has 176 valence electrons. The first-order valence-electron chi connectivity index (χ1n) is 12.1. The predicted octanol–water partition coefficient (Wildman–Crippen LogP) is 5.02. The van der Waals surface area contributed by atoms with Crippen LogP contribution in [0, 0.1) is 0 Å². The Morgan fingerprint density at radius 2 is 1.53 bits per heavy atom. The molecule has 0 saturated heterocycles. The summed E-state index contributed by atoms with van der Waals surface area (Å²) in [5, 5.41) is 0. The molecule has 3 aromatic carbocycles. The smallest absolute Gasteiger partial charge is 0.240 e. The number of sulfonamides is 1. The number of carbonyl (C=O) groups is 1. The quantitative estimate of drug-likeness (QED) is 0.523. The van der Waals surface area contributed by atoms with Crippen molar-refractivity contribution in [1.82, 2.24) is 4.72 Å². The van der Waals surface area contributed by atoms with Crippen molar-refractivity contribution in [2.24, 2.45) is 0 Å². The van der Waals surface area contributed by atoms with Gasteiger partial charge in [0.05, 0.1) is 4.90 Å². The molecule has 34 heavy (non-hydrogen) atoms. The summed E-state index contributed by atoms with van der Waals surface area (Å²) in [5.74, 6) is 0.0188. The Balaban J connectivity index is 1.36. The Bertz CT molecular complexity index is 1210. The van der Waals surface area contributed by atoms with Gasteiger partial charge in [-0.3, -0.25) is 4.79 Å². The Labute approximate surface area is 201 Å². The second-order valence-corrected chi connectivity index (χ2v) is 11.0. The highest BCUT2D eigenvalue weighted by molar-refractivity contribution is 7.89. The molecule has 0 atom stereocenters. The molecule has 1 heterocycles. The number of carbonyl (C=O) groups excluding carboxylic acids is 1. The molecule has 3 aromatic rings. The largest absolute Gasteiger partial charge is 0.312 e. The fourth-order valence-electron chi connectivity index (χ4n) is 5.22. The molecule has 1 aliphatic carbocycles. The number of hydrogen-bond acceptors (Lipinski definition) is 3. The fraction of sp³-hybridized carbons (Fsp3) is 0.321. The zero-order valence-corrected chi connectivity index (χ0v) is 20.0. The summed E-state index contributed by atoms with van der Waals surface area (Å²) >= 11 is 0. The van der Waals surface area contributed by atoms with Gasteiger partial charge >= 0.3 is 0 Å². The van der Waals surface area contributed by atoms with Crippen molar-refractivity contribution < 1.29 is 13.2 Å². The maximum absolute atomic E-state index is 13.5. The van der Waals surface area contributed by atoms with Crippen LogP contribution in [0.4, 0.5) is 5.69 Å². The number of rotatable bonds is 7. The summed E-state index contributed by atoms with van der Waals surface area (Å²) in [7, 11) is -3.55. The SMILES string of the molecule is O=C(CC(c1ccccc1)c1ccccc1)N1CCc2cc(S(=O)(=O)NC3CCCC3)ccc21. The highest BCUT2D eigenvalue weighted by Crippen LogP contribution is 2.34. The van der Waals surface area contributed by atoms with E-state index in [1.807, 2.05) is 41.3 Å². The minimum atomic E-state index is -3.55. The molecule has 1 N–H and O–H groups in total. The van der Waals surface area contributed by atoms with E-state index in [0.717, 1.165) is 48.1 Å². The molecule has 0 aromatic heterocycles. The minimum absolute atomic E-state index is 0.0317. The van der Waals surface area contributed by atoms with Gasteiger partial charge in [0.2, 0.25) is 15.9 Å². The van der Waals surface area contributed by atoms with Crippen molar-refractivity contribution in [3.05, 3.63) is 95.6 Å². The van der Waals surface area contributed by atoms with Crippen LogP contribution in [0.15, 0.2) is 83.8 Å². The van der Waals surface area contributed by atoms with Crippen molar-refractivity contribution >= 4 is 21.6 Å². The molecular formula is C28H30N2O3S. The number of hydrogen-bond donors (Lipinski definition) is 1. The molecule has 0 radical (unpaired) electrons. The number of anilines is 1. The normalized spacial score (nSPS) is 16.2.